The highest BCUT2D eigenvalue weighted by Gasteiger charge is 2.15. The molecule has 1 N–H and O–H groups in total. The summed E-state index contributed by atoms with van der Waals surface area (Å²) >= 11 is 0. The van der Waals surface area contributed by atoms with E-state index in [0.717, 1.165) is 25.9 Å². The highest BCUT2D eigenvalue weighted by atomic mass is 19.1. The van der Waals surface area contributed by atoms with E-state index in [4.69, 9.17) is 4.74 Å². The topological polar surface area (TPSA) is 21.3 Å². The molecule has 1 fully saturated rings. The third-order valence-corrected chi connectivity index (χ3v) is 2.74. The molecular weight excluding hydrogens is 212 g/mol. The first-order valence-electron chi connectivity index (χ1n) is 5.57. The summed E-state index contributed by atoms with van der Waals surface area (Å²) < 4.78 is 32.0. The summed E-state index contributed by atoms with van der Waals surface area (Å²) in [5.41, 5.74) is -0.0586. The van der Waals surface area contributed by atoms with Gasteiger partial charge in [0, 0.05) is 13.2 Å². The number of hydrogen-bond acceptors (Lipinski definition) is 2. The Kier molecular flexibility index (Phi) is 3.72. The number of ether oxygens (including phenoxy) is 1. The number of benzene rings is 1. The van der Waals surface area contributed by atoms with Gasteiger partial charge < -0.3 is 10.1 Å². The first kappa shape index (κ1) is 11.3. The third-order valence-electron chi connectivity index (χ3n) is 2.74. The van der Waals surface area contributed by atoms with Gasteiger partial charge in [-0.1, -0.05) is 6.07 Å². The minimum absolute atomic E-state index is 0.0586. The molecule has 1 aromatic carbocycles. The van der Waals surface area contributed by atoms with Gasteiger partial charge in [0.25, 0.3) is 0 Å². The Labute approximate surface area is 93.6 Å². The van der Waals surface area contributed by atoms with Crippen molar-refractivity contribution in [3.63, 3.8) is 0 Å². The number of halogens is 2. The maximum Gasteiger partial charge on any atom is 0.149 e. The lowest BCUT2D eigenvalue weighted by molar-refractivity contribution is 0.0247. The smallest absolute Gasteiger partial charge is 0.149 e. The van der Waals surface area contributed by atoms with E-state index in [0.29, 0.717) is 6.54 Å². The summed E-state index contributed by atoms with van der Waals surface area (Å²) in [6, 6.07) is 3.84. The van der Waals surface area contributed by atoms with Gasteiger partial charge in [0.15, 0.2) is 0 Å². The Hall–Kier alpha value is -1.16. The molecule has 2 nitrogen and oxygen atoms in total. The van der Waals surface area contributed by atoms with E-state index in [1.54, 1.807) is 0 Å². The summed E-state index contributed by atoms with van der Waals surface area (Å²) in [7, 11) is 0. The van der Waals surface area contributed by atoms with Gasteiger partial charge in [-0.2, -0.15) is 0 Å². The molecule has 1 saturated heterocycles. The van der Waals surface area contributed by atoms with Crippen LogP contribution < -0.4 is 5.32 Å². The van der Waals surface area contributed by atoms with Crippen molar-refractivity contribution in [2.24, 2.45) is 0 Å². The van der Waals surface area contributed by atoms with E-state index in [1.807, 2.05) is 0 Å². The van der Waals surface area contributed by atoms with Gasteiger partial charge in [-0.05, 0) is 31.4 Å². The fourth-order valence-electron chi connectivity index (χ4n) is 1.85. The molecule has 2 rings (SSSR count). The zero-order chi connectivity index (χ0) is 11.4. The minimum Gasteiger partial charge on any atom is -0.378 e. The quantitative estimate of drug-likeness (QED) is 0.857. The van der Waals surface area contributed by atoms with Crippen molar-refractivity contribution in [2.45, 2.75) is 25.4 Å². The highest BCUT2D eigenvalue weighted by Crippen LogP contribution is 2.19. The van der Waals surface area contributed by atoms with Crippen molar-refractivity contribution in [1.29, 1.82) is 0 Å². The van der Waals surface area contributed by atoms with Gasteiger partial charge in [0.2, 0.25) is 0 Å². The van der Waals surface area contributed by atoms with Crippen LogP contribution in [-0.2, 0) is 4.74 Å². The molecule has 0 spiro atoms. The van der Waals surface area contributed by atoms with E-state index < -0.39 is 11.6 Å². The molecule has 88 valence electrons. The average molecular weight is 227 g/mol. The van der Waals surface area contributed by atoms with Crippen LogP contribution in [0.1, 0.15) is 19.3 Å². The van der Waals surface area contributed by atoms with E-state index in [1.165, 1.54) is 18.2 Å². The molecule has 1 heterocycles. The van der Waals surface area contributed by atoms with Crippen molar-refractivity contribution in [2.75, 3.05) is 18.5 Å². The molecular formula is C12H15F2NO. The second-order valence-electron chi connectivity index (χ2n) is 3.97. The van der Waals surface area contributed by atoms with Crippen molar-refractivity contribution in [3.8, 4) is 0 Å². The van der Waals surface area contributed by atoms with Gasteiger partial charge in [0.05, 0.1) is 6.10 Å². The largest absolute Gasteiger partial charge is 0.378 e. The van der Waals surface area contributed by atoms with Crippen LogP contribution in [0.2, 0.25) is 0 Å². The van der Waals surface area contributed by atoms with Gasteiger partial charge in [-0.15, -0.1) is 0 Å². The van der Waals surface area contributed by atoms with E-state index in [-0.39, 0.29) is 11.8 Å². The van der Waals surface area contributed by atoms with Crippen LogP contribution in [0.15, 0.2) is 18.2 Å². The lowest BCUT2D eigenvalue weighted by atomic mass is 10.1. The number of para-hydroxylation sites is 1. The molecule has 0 aromatic heterocycles. The number of anilines is 1. The summed E-state index contributed by atoms with van der Waals surface area (Å²) in [5, 5.41) is 2.78. The lowest BCUT2D eigenvalue weighted by Crippen LogP contribution is -2.27. The fraction of sp³-hybridized carbons (Fsp3) is 0.500. The van der Waals surface area contributed by atoms with Crippen LogP contribution in [0.25, 0.3) is 0 Å². The predicted molar refractivity (Wildman–Crippen MR) is 58.4 cm³/mol. The zero-order valence-electron chi connectivity index (χ0n) is 9.01. The van der Waals surface area contributed by atoms with Crippen LogP contribution in [0, 0.1) is 11.6 Å². The summed E-state index contributed by atoms with van der Waals surface area (Å²) in [5.74, 6) is -1.12. The standard InChI is InChI=1S/C12H15F2NO/c13-10-5-3-6-11(14)12(10)15-8-9-4-1-2-7-16-9/h3,5-6,9,15H,1-2,4,7-8H2. The first-order chi connectivity index (χ1) is 7.77. The molecule has 0 amide bonds. The molecule has 16 heavy (non-hydrogen) atoms. The maximum absolute atomic E-state index is 13.3. The number of rotatable bonds is 3. The van der Waals surface area contributed by atoms with Crippen molar-refractivity contribution in [1.82, 2.24) is 0 Å². The van der Waals surface area contributed by atoms with Gasteiger partial charge in [-0.25, -0.2) is 8.78 Å². The molecule has 1 unspecified atom stereocenters. The number of nitrogens with one attached hydrogen (secondary N) is 1. The molecule has 4 heteroatoms. The molecule has 1 aliphatic heterocycles. The second-order valence-corrected chi connectivity index (χ2v) is 3.97. The van der Waals surface area contributed by atoms with E-state index in [2.05, 4.69) is 5.32 Å². The first-order valence-corrected chi connectivity index (χ1v) is 5.57. The van der Waals surface area contributed by atoms with Gasteiger partial charge >= 0.3 is 0 Å². The second kappa shape index (κ2) is 5.25. The Morgan fingerprint density at radius 1 is 1.25 bits per heavy atom. The Morgan fingerprint density at radius 2 is 2.00 bits per heavy atom. The Balaban J connectivity index is 1.93. The Bertz CT molecular complexity index is 331. The van der Waals surface area contributed by atoms with E-state index >= 15 is 0 Å². The van der Waals surface area contributed by atoms with Crippen LogP contribution in [0.3, 0.4) is 0 Å². The normalized spacial score (nSPS) is 20.8. The summed E-state index contributed by atoms with van der Waals surface area (Å²) in [4.78, 5) is 0. The maximum atomic E-state index is 13.3. The van der Waals surface area contributed by atoms with Crippen LogP contribution in [0.5, 0.6) is 0 Å². The van der Waals surface area contributed by atoms with Crippen molar-refractivity contribution >= 4 is 5.69 Å². The van der Waals surface area contributed by atoms with Gasteiger partial charge in [-0.3, -0.25) is 0 Å². The molecule has 0 bridgehead atoms. The number of hydrogen-bond donors (Lipinski definition) is 1. The Morgan fingerprint density at radius 3 is 2.62 bits per heavy atom. The summed E-state index contributed by atoms with van der Waals surface area (Å²) in [6.07, 6.45) is 3.20. The molecule has 1 aliphatic rings. The molecule has 1 atom stereocenters. The third kappa shape index (κ3) is 2.70. The predicted octanol–water partition coefficient (Wildman–Crippen LogP) is 2.95. The SMILES string of the molecule is Fc1cccc(F)c1NCC1CCCCO1. The van der Waals surface area contributed by atoms with Crippen LogP contribution >= 0.6 is 0 Å². The molecule has 0 aliphatic carbocycles. The van der Waals surface area contributed by atoms with Crippen molar-refractivity contribution < 1.29 is 13.5 Å². The minimum atomic E-state index is -0.559. The van der Waals surface area contributed by atoms with Crippen molar-refractivity contribution in [3.05, 3.63) is 29.8 Å². The highest BCUT2D eigenvalue weighted by molar-refractivity contribution is 5.46. The lowest BCUT2D eigenvalue weighted by Gasteiger charge is -2.23. The monoisotopic (exact) mass is 227 g/mol. The van der Waals surface area contributed by atoms with Gasteiger partial charge in [0.1, 0.15) is 17.3 Å². The zero-order valence-corrected chi connectivity index (χ0v) is 9.01. The van der Waals surface area contributed by atoms with Crippen LogP contribution in [-0.4, -0.2) is 19.3 Å². The summed E-state index contributed by atoms with van der Waals surface area (Å²) in [6.45, 7) is 1.20. The van der Waals surface area contributed by atoms with E-state index in [9.17, 15) is 8.78 Å². The molecule has 0 saturated carbocycles. The fourth-order valence-corrected chi connectivity index (χ4v) is 1.85. The molecule has 1 aromatic rings. The molecule has 0 radical (unpaired) electrons. The van der Waals surface area contributed by atoms with Crippen LogP contribution in [0.4, 0.5) is 14.5 Å². The average Bonchev–Trinajstić information content (AvgIpc) is 2.30.